The Kier molecular flexibility index (Phi) is 11.7. The van der Waals surface area contributed by atoms with Gasteiger partial charge in [0, 0.05) is 25.3 Å². The molecule has 6 rings (SSSR count). The third-order valence-corrected chi connectivity index (χ3v) is 10.7. The van der Waals surface area contributed by atoms with E-state index in [-0.39, 0.29) is 61.0 Å². The van der Waals surface area contributed by atoms with E-state index in [1.807, 2.05) is 94.4 Å². The smallest absolute Gasteiger partial charge is 0.246 e. The maximum atomic E-state index is 14.7. The van der Waals surface area contributed by atoms with E-state index in [1.54, 1.807) is 11.0 Å². The van der Waals surface area contributed by atoms with Crippen LogP contribution in [0.25, 0.3) is 0 Å². The Labute approximate surface area is 307 Å². The van der Waals surface area contributed by atoms with Crippen molar-refractivity contribution in [3.05, 3.63) is 136 Å². The van der Waals surface area contributed by atoms with Gasteiger partial charge in [0.2, 0.25) is 17.7 Å². The van der Waals surface area contributed by atoms with Crippen molar-refractivity contribution in [1.29, 1.82) is 0 Å². The van der Waals surface area contributed by atoms with E-state index in [0.717, 1.165) is 47.1 Å². The standard InChI is InChI=1S/C44H50FN3O4/c1-5-29(4)42(49)47-40(24-30-17-20-35(21-18-30)52-27-31-19-22-36(28(2)3)38(45)23-31)44(51)48-26-34-13-7-6-12-33(34)25-41(48)43(50)46-39-16-10-14-32-11-8-9-15-37(32)39/h6-9,11-13,15,17-23,28-29,39-41H,5,10,14,16,24-27H2,1-4H3,(H,46,50)(H,47,49)/t29-,39-,40+,41?/m1/s1. The summed E-state index contributed by atoms with van der Waals surface area (Å²) in [5.41, 5.74) is 6.67. The first kappa shape index (κ1) is 36.8. The summed E-state index contributed by atoms with van der Waals surface area (Å²) < 4.78 is 20.5. The molecular formula is C44H50FN3O4. The van der Waals surface area contributed by atoms with Crippen molar-refractivity contribution in [2.75, 3.05) is 0 Å². The molecule has 0 bridgehead atoms. The highest BCUT2D eigenvalue weighted by molar-refractivity contribution is 5.93. The summed E-state index contributed by atoms with van der Waals surface area (Å²) in [6, 6.07) is 27.0. The van der Waals surface area contributed by atoms with Crippen molar-refractivity contribution >= 4 is 17.7 Å². The van der Waals surface area contributed by atoms with E-state index in [9.17, 15) is 18.8 Å². The topological polar surface area (TPSA) is 87.7 Å². The van der Waals surface area contributed by atoms with Crippen molar-refractivity contribution < 1.29 is 23.5 Å². The summed E-state index contributed by atoms with van der Waals surface area (Å²) in [4.78, 5) is 43.8. The molecule has 1 aliphatic carbocycles. The van der Waals surface area contributed by atoms with Crippen LogP contribution in [0.5, 0.6) is 5.75 Å². The molecule has 272 valence electrons. The quantitative estimate of drug-likeness (QED) is 0.158. The Morgan fingerprint density at radius 1 is 0.885 bits per heavy atom. The second-order valence-electron chi connectivity index (χ2n) is 14.6. The van der Waals surface area contributed by atoms with E-state index in [4.69, 9.17) is 4.74 Å². The molecular weight excluding hydrogens is 653 g/mol. The van der Waals surface area contributed by atoms with Crippen LogP contribution in [0.4, 0.5) is 4.39 Å². The molecule has 0 aromatic heterocycles. The zero-order valence-corrected chi connectivity index (χ0v) is 30.7. The zero-order valence-electron chi connectivity index (χ0n) is 30.7. The zero-order chi connectivity index (χ0) is 36.8. The van der Waals surface area contributed by atoms with Gasteiger partial charge in [-0.25, -0.2) is 4.39 Å². The highest BCUT2D eigenvalue weighted by Gasteiger charge is 2.39. The number of nitrogens with one attached hydrogen (secondary N) is 2. The molecule has 0 saturated carbocycles. The summed E-state index contributed by atoms with van der Waals surface area (Å²) in [5, 5.41) is 6.34. The summed E-state index contributed by atoms with van der Waals surface area (Å²) in [5.74, 6) is -0.483. The molecule has 4 aromatic carbocycles. The highest BCUT2D eigenvalue weighted by atomic mass is 19.1. The normalized spacial score (nSPS) is 17.8. The van der Waals surface area contributed by atoms with Crippen LogP contribution < -0.4 is 15.4 Å². The lowest BCUT2D eigenvalue weighted by Gasteiger charge is -2.39. The van der Waals surface area contributed by atoms with Gasteiger partial charge in [-0.05, 0) is 88.7 Å². The Hall–Kier alpha value is -4.98. The number of carbonyl (C=O) groups excluding carboxylic acids is 3. The molecule has 7 nitrogen and oxygen atoms in total. The summed E-state index contributed by atoms with van der Waals surface area (Å²) in [7, 11) is 0. The van der Waals surface area contributed by atoms with Crippen LogP contribution >= 0.6 is 0 Å². The number of rotatable bonds is 12. The molecule has 3 amide bonds. The number of aryl methyl sites for hydroxylation is 1. The molecule has 0 fully saturated rings. The minimum Gasteiger partial charge on any atom is -0.489 e. The third kappa shape index (κ3) is 8.55. The van der Waals surface area contributed by atoms with Gasteiger partial charge in [0.05, 0.1) is 6.04 Å². The van der Waals surface area contributed by atoms with Gasteiger partial charge in [-0.1, -0.05) is 100 Å². The van der Waals surface area contributed by atoms with E-state index in [1.165, 1.54) is 11.6 Å². The van der Waals surface area contributed by atoms with Crippen LogP contribution in [0.3, 0.4) is 0 Å². The van der Waals surface area contributed by atoms with Gasteiger partial charge in [-0.2, -0.15) is 0 Å². The molecule has 52 heavy (non-hydrogen) atoms. The molecule has 1 unspecified atom stereocenters. The minimum atomic E-state index is -0.883. The van der Waals surface area contributed by atoms with Crippen molar-refractivity contribution in [1.82, 2.24) is 15.5 Å². The number of benzene rings is 4. The summed E-state index contributed by atoms with van der Waals surface area (Å²) in [6.45, 7) is 8.20. The average Bonchev–Trinajstić information content (AvgIpc) is 3.16. The Bertz CT molecular complexity index is 1890. The largest absolute Gasteiger partial charge is 0.489 e. The van der Waals surface area contributed by atoms with E-state index < -0.39 is 12.1 Å². The second-order valence-corrected chi connectivity index (χ2v) is 14.6. The predicted molar refractivity (Wildman–Crippen MR) is 201 cm³/mol. The van der Waals surface area contributed by atoms with Gasteiger partial charge in [0.1, 0.15) is 30.3 Å². The Morgan fingerprint density at radius 3 is 2.29 bits per heavy atom. The molecule has 1 aliphatic heterocycles. The lowest BCUT2D eigenvalue weighted by molar-refractivity contribution is -0.145. The van der Waals surface area contributed by atoms with Crippen LogP contribution in [0, 0.1) is 11.7 Å². The van der Waals surface area contributed by atoms with Crippen LogP contribution in [-0.4, -0.2) is 34.7 Å². The van der Waals surface area contributed by atoms with Crippen molar-refractivity contribution in [2.45, 2.75) is 103 Å². The highest BCUT2D eigenvalue weighted by Crippen LogP contribution is 2.31. The van der Waals surface area contributed by atoms with Crippen molar-refractivity contribution in [3.63, 3.8) is 0 Å². The van der Waals surface area contributed by atoms with Crippen LogP contribution in [0.2, 0.25) is 0 Å². The minimum absolute atomic E-state index is 0.0988. The van der Waals surface area contributed by atoms with Crippen molar-refractivity contribution in [2.24, 2.45) is 5.92 Å². The SMILES string of the molecule is CC[C@@H](C)C(=O)N[C@@H](Cc1ccc(OCc2ccc(C(C)C)c(F)c2)cc1)C(=O)N1Cc2ccccc2CC1C(=O)N[C@@H]1CCCc2ccccc21. The van der Waals surface area contributed by atoms with Crippen molar-refractivity contribution in [3.8, 4) is 5.75 Å². The predicted octanol–water partition coefficient (Wildman–Crippen LogP) is 7.75. The van der Waals surface area contributed by atoms with Crippen LogP contribution in [-0.2, 0) is 46.8 Å². The molecule has 0 radical (unpaired) electrons. The maximum Gasteiger partial charge on any atom is 0.246 e. The van der Waals surface area contributed by atoms with Gasteiger partial charge >= 0.3 is 0 Å². The fourth-order valence-electron chi connectivity index (χ4n) is 7.31. The number of halogens is 1. The monoisotopic (exact) mass is 703 g/mol. The van der Waals surface area contributed by atoms with Crippen LogP contribution in [0.15, 0.2) is 91.0 Å². The molecule has 2 aliphatic rings. The summed E-state index contributed by atoms with van der Waals surface area (Å²) in [6.07, 6.45) is 4.08. The fourth-order valence-corrected chi connectivity index (χ4v) is 7.31. The number of amides is 3. The molecule has 8 heteroatoms. The average molecular weight is 704 g/mol. The number of hydrogen-bond acceptors (Lipinski definition) is 4. The number of hydrogen-bond donors (Lipinski definition) is 2. The summed E-state index contributed by atoms with van der Waals surface area (Å²) >= 11 is 0. The molecule has 4 atom stereocenters. The lowest BCUT2D eigenvalue weighted by atomic mass is 9.87. The van der Waals surface area contributed by atoms with E-state index in [2.05, 4.69) is 22.8 Å². The van der Waals surface area contributed by atoms with E-state index in [0.29, 0.717) is 24.2 Å². The number of ether oxygens (including phenoxy) is 1. The molecule has 4 aromatic rings. The van der Waals surface area contributed by atoms with Gasteiger partial charge in [0.15, 0.2) is 0 Å². The van der Waals surface area contributed by atoms with Gasteiger partial charge < -0.3 is 20.3 Å². The molecule has 1 heterocycles. The van der Waals surface area contributed by atoms with Gasteiger partial charge in [-0.3, -0.25) is 14.4 Å². The number of carbonyl (C=O) groups is 3. The van der Waals surface area contributed by atoms with Crippen LogP contribution in [0.1, 0.15) is 97.9 Å². The molecule has 0 spiro atoms. The lowest BCUT2D eigenvalue weighted by Crippen LogP contribution is -2.58. The molecule has 2 N–H and O–H groups in total. The van der Waals surface area contributed by atoms with Gasteiger partial charge in [0.25, 0.3) is 0 Å². The first-order valence-electron chi connectivity index (χ1n) is 18.7. The fraction of sp³-hybridized carbons (Fsp3) is 0.386. The number of fused-ring (bicyclic) bond motifs is 2. The Balaban J connectivity index is 1.21. The second kappa shape index (κ2) is 16.6. The van der Waals surface area contributed by atoms with E-state index >= 15 is 0 Å². The number of nitrogens with zero attached hydrogens (tertiary/aromatic N) is 1. The maximum absolute atomic E-state index is 14.7. The first-order chi connectivity index (χ1) is 25.1. The molecule has 0 saturated heterocycles. The first-order valence-corrected chi connectivity index (χ1v) is 18.7. The van der Waals surface area contributed by atoms with Gasteiger partial charge in [-0.15, -0.1) is 0 Å². The third-order valence-electron chi connectivity index (χ3n) is 10.7. The Morgan fingerprint density at radius 2 is 1.58 bits per heavy atom.